The highest BCUT2D eigenvalue weighted by Gasteiger charge is 2.53. The monoisotopic (exact) mass is 486 g/mol. The second-order valence-electron chi connectivity index (χ2n) is 10.1. The van der Waals surface area contributed by atoms with E-state index in [0.29, 0.717) is 30.6 Å². The topological polar surface area (TPSA) is 88.3 Å². The molecule has 8 nitrogen and oxygen atoms in total. The standard InChI is InChI=1S/C24H28ClFN6O2/c1-14-18(11-28-32(14)20-9-23(20,2)26)30-22-27-10-15-7-16(25)19(8-17(15)29-22)31-5-3-24(4-6-31)13-34-12-21(24)33/h7-8,10-11,20-21,33H,3-6,9,12-13H2,1-2H3,(H,27,29,30). The summed E-state index contributed by atoms with van der Waals surface area (Å²) in [7, 11) is 0. The van der Waals surface area contributed by atoms with Crippen LogP contribution in [-0.2, 0) is 4.74 Å². The van der Waals surface area contributed by atoms with Crippen LogP contribution < -0.4 is 10.2 Å². The van der Waals surface area contributed by atoms with Crippen molar-refractivity contribution in [3.8, 4) is 0 Å². The first-order valence-corrected chi connectivity index (χ1v) is 12.1. The molecular formula is C24H28ClFN6O2. The molecule has 2 N–H and O–H groups in total. The van der Waals surface area contributed by atoms with Crippen LogP contribution in [0.4, 0.5) is 21.7 Å². The zero-order valence-electron chi connectivity index (χ0n) is 19.3. The summed E-state index contributed by atoms with van der Waals surface area (Å²) in [6.45, 7) is 6.17. The Morgan fingerprint density at radius 1 is 1.26 bits per heavy atom. The minimum Gasteiger partial charge on any atom is -0.390 e. The normalized spacial score (nSPS) is 28.1. The van der Waals surface area contributed by atoms with E-state index in [1.54, 1.807) is 24.0 Å². The van der Waals surface area contributed by atoms with Gasteiger partial charge in [0.25, 0.3) is 0 Å². The van der Waals surface area contributed by atoms with E-state index in [2.05, 4.69) is 20.3 Å². The molecule has 34 heavy (non-hydrogen) atoms. The molecule has 1 saturated carbocycles. The third-order valence-electron chi connectivity index (χ3n) is 7.83. The Hall–Kier alpha value is -2.49. The van der Waals surface area contributed by atoms with Gasteiger partial charge in [0.05, 0.1) is 59.2 Å². The number of alkyl halides is 1. The number of hydrogen-bond donors (Lipinski definition) is 2. The lowest BCUT2D eigenvalue weighted by atomic mass is 9.76. The van der Waals surface area contributed by atoms with Gasteiger partial charge in [0, 0.05) is 36.5 Å². The summed E-state index contributed by atoms with van der Waals surface area (Å²) in [4.78, 5) is 11.4. The van der Waals surface area contributed by atoms with E-state index in [1.165, 1.54) is 0 Å². The van der Waals surface area contributed by atoms with Gasteiger partial charge >= 0.3 is 0 Å². The van der Waals surface area contributed by atoms with E-state index >= 15 is 0 Å². The largest absolute Gasteiger partial charge is 0.390 e. The van der Waals surface area contributed by atoms with Gasteiger partial charge < -0.3 is 20.1 Å². The molecule has 0 bridgehead atoms. The summed E-state index contributed by atoms with van der Waals surface area (Å²) in [6, 6.07) is 3.68. The lowest BCUT2D eigenvalue weighted by molar-refractivity contribution is 0.0495. The molecule has 6 rings (SSSR count). The van der Waals surface area contributed by atoms with Gasteiger partial charge in [-0.1, -0.05) is 11.6 Å². The summed E-state index contributed by atoms with van der Waals surface area (Å²) < 4.78 is 21.4. The van der Waals surface area contributed by atoms with Gasteiger partial charge in [0.15, 0.2) is 0 Å². The molecule has 4 heterocycles. The Morgan fingerprint density at radius 3 is 2.71 bits per heavy atom. The Labute approximate surface area is 202 Å². The summed E-state index contributed by atoms with van der Waals surface area (Å²) >= 11 is 6.64. The highest BCUT2D eigenvalue weighted by molar-refractivity contribution is 6.34. The third kappa shape index (κ3) is 3.61. The number of hydrogen-bond acceptors (Lipinski definition) is 7. The van der Waals surface area contributed by atoms with Crippen LogP contribution >= 0.6 is 11.6 Å². The summed E-state index contributed by atoms with van der Waals surface area (Å²) in [5, 5.41) is 19.5. The number of ether oxygens (including phenoxy) is 1. The number of benzene rings is 1. The number of rotatable bonds is 4. The number of anilines is 3. The van der Waals surface area contributed by atoms with Crippen molar-refractivity contribution in [1.29, 1.82) is 0 Å². The van der Waals surface area contributed by atoms with Gasteiger partial charge in [-0.15, -0.1) is 0 Å². The van der Waals surface area contributed by atoms with Gasteiger partial charge in [0.1, 0.15) is 5.67 Å². The molecule has 0 radical (unpaired) electrons. The SMILES string of the molecule is Cc1c(Nc2ncc3cc(Cl)c(N4CCC5(CC4)COCC5O)cc3n2)cnn1C1CC1(C)F. The minimum atomic E-state index is -1.19. The number of nitrogens with one attached hydrogen (secondary N) is 1. The lowest BCUT2D eigenvalue weighted by Crippen LogP contribution is -2.46. The predicted octanol–water partition coefficient (Wildman–Crippen LogP) is 4.18. The maximum atomic E-state index is 14.1. The molecule has 1 spiro atoms. The fraction of sp³-hybridized carbons (Fsp3) is 0.542. The molecular weight excluding hydrogens is 459 g/mol. The summed E-state index contributed by atoms with van der Waals surface area (Å²) in [5.41, 5.74) is 2.00. The fourth-order valence-corrected chi connectivity index (χ4v) is 5.59. The first-order valence-electron chi connectivity index (χ1n) is 11.7. The smallest absolute Gasteiger partial charge is 0.227 e. The van der Waals surface area contributed by atoms with E-state index in [0.717, 1.165) is 53.9 Å². The van der Waals surface area contributed by atoms with E-state index in [9.17, 15) is 9.50 Å². The van der Waals surface area contributed by atoms with E-state index in [1.807, 2.05) is 19.1 Å². The van der Waals surface area contributed by atoms with Crippen LogP contribution in [0.2, 0.25) is 5.02 Å². The highest BCUT2D eigenvalue weighted by Crippen LogP contribution is 2.51. The predicted molar refractivity (Wildman–Crippen MR) is 129 cm³/mol. The van der Waals surface area contributed by atoms with E-state index in [-0.39, 0.29) is 11.5 Å². The molecule has 2 aromatic heterocycles. The Kier molecular flexibility index (Phi) is 5.02. The molecule has 2 aliphatic heterocycles. The Bertz CT molecular complexity index is 1260. The van der Waals surface area contributed by atoms with E-state index < -0.39 is 11.8 Å². The van der Waals surface area contributed by atoms with Crippen LogP contribution in [0, 0.1) is 12.3 Å². The van der Waals surface area contributed by atoms with Crippen molar-refractivity contribution >= 4 is 39.8 Å². The second-order valence-corrected chi connectivity index (χ2v) is 10.6. The molecule has 180 valence electrons. The zero-order chi connectivity index (χ0) is 23.7. The number of piperidine rings is 1. The molecule has 3 aliphatic rings. The molecule has 2 saturated heterocycles. The fourth-order valence-electron chi connectivity index (χ4n) is 5.30. The third-order valence-corrected chi connectivity index (χ3v) is 8.14. The van der Waals surface area contributed by atoms with Gasteiger partial charge in [0.2, 0.25) is 5.95 Å². The van der Waals surface area contributed by atoms with Crippen LogP contribution in [0.15, 0.2) is 24.5 Å². The minimum absolute atomic E-state index is 0.137. The number of halogens is 2. The maximum Gasteiger partial charge on any atom is 0.227 e. The van der Waals surface area contributed by atoms with Crippen LogP contribution in [0.1, 0.15) is 37.9 Å². The van der Waals surface area contributed by atoms with Crippen LogP contribution in [0.25, 0.3) is 10.9 Å². The Balaban J connectivity index is 1.23. The van der Waals surface area contributed by atoms with Gasteiger partial charge in [-0.2, -0.15) is 5.10 Å². The van der Waals surface area contributed by atoms with Gasteiger partial charge in [-0.25, -0.2) is 14.4 Å². The van der Waals surface area contributed by atoms with Crippen molar-refractivity contribution < 1.29 is 14.2 Å². The lowest BCUT2D eigenvalue weighted by Gasteiger charge is -2.41. The van der Waals surface area contributed by atoms with Crippen molar-refractivity contribution in [1.82, 2.24) is 19.7 Å². The number of aliphatic hydroxyl groups is 1. The van der Waals surface area contributed by atoms with Gasteiger partial charge in [-0.3, -0.25) is 4.68 Å². The van der Waals surface area contributed by atoms with Crippen molar-refractivity contribution in [2.45, 2.75) is 50.9 Å². The summed E-state index contributed by atoms with van der Waals surface area (Å²) in [6.07, 6.45) is 5.25. The maximum absolute atomic E-state index is 14.1. The molecule has 3 unspecified atom stereocenters. The number of aromatic nitrogens is 4. The van der Waals surface area contributed by atoms with Crippen LogP contribution in [0.5, 0.6) is 0 Å². The van der Waals surface area contributed by atoms with Crippen molar-refractivity contribution in [2.24, 2.45) is 5.41 Å². The molecule has 10 heteroatoms. The van der Waals surface area contributed by atoms with Gasteiger partial charge in [-0.05, 0) is 38.8 Å². The van der Waals surface area contributed by atoms with Crippen molar-refractivity contribution in [2.75, 3.05) is 36.5 Å². The van der Waals surface area contributed by atoms with Crippen LogP contribution in [0.3, 0.4) is 0 Å². The molecule has 0 amide bonds. The average molecular weight is 487 g/mol. The summed E-state index contributed by atoms with van der Waals surface area (Å²) in [5.74, 6) is 0.450. The Morgan fingerprint density at radius 2 is 2.03 bits per heavy atom. The van der Waals surface area contributed by atoms with Crippen molar-refractivity contribution in [3.63, 3.8) is 0 Å². The van der Waals surface area contributed by atoms with Crippen LogP contribution in [-0.4, -0.2) is 62.9 Å². The number of fused-ring (bicyclic) bond motifs is 1. The molecule has 3 fully saturated rings. The quantitative estimate of drug-likeness (QED) is 0.571. The molecule has 1 aliphatic carbocycles. The number of aliphatic hydroxyl groups excluding tert-OH is 1. The first-order chi connectivity index (χ1) is 16.3. The molecule has 1 aromatic carbocycles. The number of nitrogens with zero attached hydrogens (tertiary/aromatic N) is 5. The molecule has 3 atom stereocenters. The van der Waals surface area contributed by atoms with E-state index in [4.69, 9.17) is 21.3 Å². The zero-order valence-corrected chi connectivity index (χ0v) is 20.0. The molecule has 3 aromatic rings. The average Bonchev–Trinajstić information content (AvgIpc) is 3.09. The second kappa shape index (κ2) is 7.76. The van der Waals surface area contributed by atoms with Crippen molar-refractivity contribution in [3.05, 3.63) is 35.2 Å². The first kappa shape index (κ1) is 22.0. The highest BCUT2D eigenvalue weighted by atomic mass is 35.5.